The maximum Gasteiger partial charge on any atom is 0.257 e. The zero-order chi connectivity index (χ0) is 18.6. The minimum absolute atomic E-state index is 0.00215. The van der Waals surface area contributed by atoms with Gasteiger partial charge in [-0.25, -0.2) is 18.4 Å². The van der Waals surface area contributed by atoms with Crippen molar-refractivity contribution in [2.45, 2.75) is 44.2 Å². The normalized spacial score (nSPS) is 15.3. The van der Waals surface area contributed by atoms with E-state index in [4.69, 9.17) is 4.74 Å². The summed E-state index contributed by atoms with van der Waals surface area (Å²) in [4.78, 5) is 8.78. The Morgan fingerprint density at radius 3 is 2.42 bits per heavy atom. The molecule has 1 aromatic carbocycles. The van der Waals surface area contributed by atoms with E-state index in [1.165, 1.54) is 0 Å². The van der Waals surface area contributed by atoms with E-state index in [0.717, 1.165) is 18.4 Å². The predicted octanol–water partition coefficient (Wildman–Crippen LogP) is 2.66. The van der Waals surface area contributed by atoms with Crippen LogP contribution in [0.25, 0.3) is 0 Å². The molecule has 140 valence electrons. The minimum atomic E-state index is -3.37. The molecule has 1 N–H and O–H groups in total. The maximum absolute atomic E-state index is 12.5. The van der Waals surface area contributed by atoms with Crippen LogP contribution in [-0.4, -0.2) is 41.9 Å². The van der Waals surface area contributed by atoms with Crippen molar-refractivity contribution in [2.24, 2.45) is 0 Å². The number of nitrogens with zero attached hydrogens (tertiary/aromatic N) is 3. The van der Waals surface area contributed by atoms with Crippen molar-refractivity contribution in [2.75, 3.05) is 18.4 Å². The molecule has 0 amide bonds. The quantitative estimate of drug-likeness (QED) is 0.800. The second kappa shape index (κ2) is 8.01. The summed E-state index contributed by atoms with van der Waals surface area (Å²) >= 11 is 0. The highest BCUT2D eigenvalue weighted by Gasteiger charge is 2.26. The largest absolute Gasteiger partial charge is 0.472 e. The third-order valence-electron chi connectivity index (χ3n) is 4.10. The fourth-order valence-corrected chi connectivity index (χ4v) is 4.32. The van der Waals surface area contributed by atoms with Crippen LogP contribution in [0, 0.1) is 0 Å². The Labute approximate surface area is 154 Å². The highest BCUT2D eigenvalue weighted by atomic mass is 32.2. The Kier molecular flexibility index (Phi) is 5.73. The summed E-state index contributed by atoms with van der Waals surface area (Å²) < 4.78 is 32.3. The van der Waals surface area contributed by atoms with Crippen molar-refractivity contribution >= 4 is 15.8 Å². The smallest absolute Gasteiger partial charge is 0.257 e. The third-order valence-corrected chi connectivity index (χ3v) is 6.01. The second-order valence-corrected chi connectivity index (χ2v) is 8.42. The summed E-state index contributed by atoms with van der Waals surface area (Å²) in [5.74, 6) is 1.02. The molecular weight excluding hydrogens is 352 g/mol. The molecule has 2 aromatic rings. The molecule has 2 heterocycles. The average molecular weight is 376 g/mol. The van der Waals surface area contributed by atoms with Gasteiger partial charge in [0.05, 0.1) is 11.0 Å². The van der Waals surface area contributed by atoms with Gasteiger partial charge < -0.3 is 10.1 Å². The second-order valence-electron chi connectivity index (χ2n) is 6.49. The zero-order valence-corrected chi connectivity index (χ0v) is 15.9. The number of hydrogen-bond donors (Lipinski definition) is 1. The van der Waals surface area contributed by atoms with Crippen LogP contribution in [0.2, 0.25) is 0 Å². The lowest BCUT2D eigenvalue weighted by Gasteiger charge is -2.16. The number of anilines is 1. The van der Waals surface area contributed by atoms with Gasteiger partial charge in [-0.05, 0) is 44.4 Å². The van der Waals surface area contributed by atoms with Crippen molar-refractivity contribution in [3.05, 3.63) is 42.2 Å². The number of hydrogen-bond acceptors (Lipinski definition) is 6. The van der Waals surface area contributed by atoms with Crippen LogP contribution in [0.1, 0.15) is 32.3 Å². The summed E-state index contributed by atoms with van der Waals surface area (Å²) in [6.45, 7) is 5.57. The molecule has 7 nitrogen and oxygen atoms in total. The van der Waals surface area contributed by atoms with Gasteiger partial charge in [0.15, 0.2) is 5.82 Å². The lowest BCUT2D eigenvalue weighted by Crippen LogP contribution is -2.27. The maximum atomic E-state index is 12.5. The zero-order valence-electron chi connectivity index (χ0n) is 15.1. The van der Waals surface area contributed by atoms with E-state index in [0.29, 0.717) is 36.2 Å². The minimum Gasteiger partial charge on any atom is -0.472 e. The standard InChI is InChI=1S/C18H24N4O3S/c1-14(2)25-18-17(19-9-10-20-18)21-13-15-5-7-16(8-6-15)26(23,24)22-11-3-4-12-22/h5-10,14H,3-4,11-13H2,1-2H3,(H,19,21). The van der Waals surface area contributed by atoms with Crippen molar-refractivity contribution < 1.29 is 13.2 Å². The number of rotatable bonds is 7. The fourth-order valence-electron chi connectivity index (χ4n) is 2.80. The van der Waals surface area contributed by atoms with E-state index in [1.54, 1.807) is 28.8 Å². The van der Waals surface area contributed by atoms with Gasteiger partial charge in [-0.1, -0.05) is 12.1 Å². The molecule has 0 saturated carbocycles. The van der Waals surface area contributed by atoms with Crippen LogP contribution in [0.4, 0.5) is 5.82 Å². The van der Waals surface area contributed by atoms with Crippen molar-refractivity contribution in [1.29, 1.82) is 0 Å². The predicted molar refractivity (Wildman–Crippen MR) is 99.6 cm³/mol. The van der Waals surface area contributed by atoms with Crippen LogP contribution >= 0.6 is 0 Å². The van der Waals surface area contributed by atoms with E-state index in [-0.39, 0.29) is 6.10 Å². The van der Waals surface area contributed by atoms with Crippen LogP contribution in [0.3, 0.4) is 0 Å². The molecule has 26 heavy (non-hydrogen) atoms. The molecule has 1 aliphatic rings. The van der Waals surface area contributed by atoms with E-state index < -0.39 is 10.0 Å². The van der Waals surface area contributed by atoms with Gasteiger partial charge in [0.1, 0.15) is 0 Å². The van der Waals surface area contributed by atoms with Crippen molar-refractivity contribution in [3.8, 4) is 5.88 Å². The molecule has 1 aliphatic heterocycles. The van der Waals surface area contributed by atoms with E-state index in [9.17, 15) is 8.42 Å². The fraction of sp³-hybridized carbons (Fsp3) is 0.444. The van der Waals surface area contributed by atoms with Crippen molar-refractivity contribution in [3.63, 3.8) is 0 Å². The van der Waals surface area contributed by atoms with Gasteiger partial charge in [-0.2, -0.15) is 4.31 Å². The molecule has 0 unspecified atom stereocenters. The third kappa shape index (κ3) is 4.31. The Hall–Kier alpha value is -2.19. The monoisotopic (exact) mass is 376 g/mol. The van der Waals surface area contributed by atoms with Crippen LogP contribution in [0.5, 0.6) is 5.88 Å². The molecule has 0 atom stereocenters. The molecule has 8 heteroatoms. The number of aromatic nitrogens is 2. The van der Waals surface area contributed by atoms with Crippen LogP contribution in [0.15, 0.2) is 41.6 Å². The Morgan fingerprint density at radius 1 is 1.12 bits per heavy atom. The SMILES string of the molecule is CC(C)Oc1nccnc1NCc1ccc(S(=O)(=O)N2CCCC2)cc1. The molecule has 0 radical (unpaired) electrons. The summed E-state index contributed by atoms with van der Waals surface area (Å²) in [7, 11) is -3.37. The van der Waals surface area contributed by atoms with Crippen LogP contribution in [-0.2, 0) is 16.6 Å². The summed E-state index contributed by atoms with van der Waals surface area (Å²) in [5.41, 5.74) is 0.950. The van der Waals surface area contributed by atoms with Crippen molar-refractivity contribution in [1.82, 2.24) is 14.3 Å². The van der Waals surface area contributed by atoms with E-state index >= 15 is 0 Å². The molecule has 1 fully saturated rings. The highest BCUT2D eigenvalue weighted by Crippen LogP contribution is 2.22. The molecule has 3 rings (SSSR count). The molecule has 0 aliphatic carbocycles. The Balaban J connectivity index is 1.67. The first-order valence-electron chi connectivity index (χ1n) is 8.77. The summed E-state index contributed by atoms with van der Waals surface area (Å²) in [6, 6.07) is 6.95. The molecule has 1 aromatic heterocycles. The highest BCUT2D eigenvalue weighted by molar-refractivity contribution is 7.89. The van der Waals surface area contributed by atoms with Crippen LogP contribution < -0.4 is 10.1 Å². The first-order chi connectivity index (χ1) is 12.5. The topological polar surface area (TPSA) is 84.4 Å². The average Bonchev–Trinajstić information content (AvgIpc) is 3.16. The Morgan fingerprint density at radius 2 is 1.77 bits per heavy atom. The number of benzene rings is 1. The summed E-state index contributed by atoms with van der Waals surface area (Å²) in [6.07, 6.45) is 5.05. The van der Waals surface area contributed by atoms with Gasteiger partial charge in [0.2, 0.25) is 10.0 Å². The molecule has 0 bridgehead atoms. The molecule has 1 saturated heterocycles. The lowest BCUT2D eigenvalue weighted by molar-refractivity contribution is 0.233. The number of ether oxygens (including phenoxy) is 1. The van der Waals surface area contributed by atoms with Gasteiger partial charge in [0.25, 0.3) is 5.88 Å². The van der Waals surface area contributed by atoms with Gasteiger partial charge in [-0.3, -0.25) is 0 Å². The number of sulfonamides is 1. The van der Waals surface area contributed by atoms with E-state index in [1.807, 2.05) is 26.0 Å². The van der Waals surface area contributed by atoms with Gasteiger partial charge in [-0.15, -0.1) is 0 Å². The Bertz CT molecular complexity index is 832. The van der Waals surface area contributed by atoms with E-state index in [2.05, 4.69) is 15.3 Å². The van der Waals surface area contributed by atoms with Gasteiger partial charge >= 0.3 is 0 Å². The first-order valence-corrected chi connectivity index (χ1v) is 10.2. The first kappa shape index (κ1) is 18.6. The molecule has 0 spiro atoms. The number of nitrogens with one attached hydrogen (secondary N) is 1. The lowest BCUT2D eigenvalue weighted by atomic mass is 10.2. The summed E-state index contributed by atoms with van der Waals surface area (Å²) in [5, 5.41) is 3.19. The molecular formula is C18H24N4O3S. The van der Waals surface area contributed by atoms with Gasteiger partial charge in [0, 0.05) is 32.0 Å².